The Bertz CT molecular complexity index is 1380. The molecule has 0 spiro atoms. The van der Waals surface area contributed by atoms with Crippen LogP contribution in [0.3, 0.4) is 0 Å². The van der Waals surface area contributed by atoms with Crippen LogP contribution in [0.1, 0.15) is 20.8 Å². The first-order valence-electron chi connectivity index (χ1n) is 12.1. The number of carbonyl (C=O) groups excluding carboxylic acids is 2. The first-order chi connectivity index (χ1) is 18.0. The lowest BCUT2D eigenvalue weighted by molar-refractivity contribution is -0.132. The van der Waals surface area contributed by atoms with Crippen LogP contribution >= 0.6 is 22.7 Å². The first-order valence-corrected chi connectivity index (χ1v) is 13.8. The van der Waals surface area contributed by atoms with E-state index in [4.69, 9.17) is 15.5 Å². The highest BCUT2D eigenvalue weighted by atomic mass is 32.1. The Balaban J connectivity index is 1.18. The molecule has 2 amide bonds. The Morgan fingerprint density at radius 1 is 1.11 bits per heavy atom. The van der Waals surface area contributed by atoms with E-state index >= 15 is 0 Å². The molecule has 1 aliphatic heterocycles. The van der Waals surface area contributed by atoms with Crippen molar-refractivity contribution in [2.45, 2.75) is 19.0 Å². The molecule has 0 aliphatic carbocycles. The van der Waals surface area contributed by atoms with Crippen molar-refractivity contribution >= 4 is 49.8 Å². The number of hydrogen-bond acceptors (Lipinski definition) is 8. The van der Waals surface area contributed by atoms with E-state index in [-0.39, 0.29) is 11.8 Å². The highest BCUT2D eigenvalue weighted by Gasteiger charge is 2.27. The molecule has 3 heterocycles. The summed E-state index contributed by atoms with van der Waals surface area (Å²) in [6.45, 7) is 3.05. The first kappa shape index (κ1) is 25.2. The van der Waals surface area contributed by atoms with E-state index in [9.17, 15) is 9.59 Å². The average Bonchev–Trinajstić information content (AvgIpc) is 3.61. The van der Waals surface area contributed by atoms with Gasteiger partial charge in [0.05, 0.1) is 23.4 Å². The van der Waals surface area contributed by atoms with Gasteiger partial charge in [0.1, 0.15) is 5.75 Å². The summed E-state index contributed by atoms with van der Waals surface area (Å²) in [7, 11) is 1.62. The summed E-state index contributed by atoms with van der Waals surface area (Å²) in [6.07, 6.45) is 0.573. The van der Waals surface area contributed by atoms with Crippen LogP contribution in [0.2, 0.25) is 0 Å². The van der Waals surface area contributed by atoms with Gasteiger partial charge in [-0.15, -0.1) is 11.3 Å². The number of nitrogens with two attached hydrogens (primary N) is 1. The Kier molecular flexibility index (Phi) is 7.68. The Hall–Kier alpha value is -3.47. The second-order valence-corrected chi connectivity index (χ2v) is 11.0. The van der Waals surface area contributed by atoms with E-state index in [0.717, 1.165) is 31.5 Å². The number of benzene rings is 2. The molecule has 0 unspecified atom stereocenters. The number of hydrogen-bond donors (Lipinski definition) is 2. The van der Waals surface area contributed by atoms with Gasteiger partial charge < -0.3 is 25.6 Å². The van der Waals surface area contributed by atoms with Crippen LogP contribution in [-0.2, 0) is 17.8 Å². The van der Waals surface area contributed by atoms with Gasteiger partial charge in [-0.05, 0) is 47.3 Å². The zero-order valence-corrected chi connectivity index (χ0v) is 22.2. The number of nitrogens with zero attached hydrogens (tertiary/aromatic N) is 3. The van der Waals surface area contributed by atoms with Crippen molar-refractivity contribution in [3.63, 3.8) is 0 Å². The summed E-state index contributed by atoms with van der Waals surface area (Å²) in [5, 5.41) is 5.87. The third kappa shape index (κ3) is 5.93. The minimum Gasteiger partial charge on any atom is -0.497 e. The smallest absolute Gasteiger partial charge is 0.251 e. The highest BCUT2D eigenvalue weighted by Crippen LogP contribution is 2.30. The molecular weight excluding hydrogens is 506 g/mol. The molecule has 192 valence electrons. The second kappa shape index (κ2) is 11.3. The average molecular weight is 536 g/mol. The molecule has 0 radical (unpaired) electrons. The fraction of sp³-hybridized carbons (Fsp3) is 0.296. The van der Waals surface area contributed by atoms with Crippen LogP contribution in [0, 0.1) is 0 Å². The van der Waals surface area contributed by atoms with Crippen LogP contribution in [0.4, 0.5) is 5.13 Å². The van der Waals surface area contributed by atoms with Crippen molar-refractivity contribution in [1.82, 2.24) is 15.2 Å². The fourth-order valence-electron chi connectivity index (χ4n) is 4.34. The number of methoxy groups -OCH3 is 1. The minimum absolute atomic E-state index is 0.00181. The quantitative estimate of drug-likeness (QED) is 0.358. The van der Waals surface area contributed by atoms with Gasteiger partial charge in [0, 0.05) is 49.6 Å². The lowest BCUT2D eigenvalue weighted by atomic mass is 10.1. The van der Waals surface area contributed by atoms with Gasteiger partial charge >= 0.3 is 0 Å². The second-order valence-electron chi connectivity index (χ2n) is 8.92. The lowest BCUT2D eigenvalue weighted by Gasteiger charge is -2.35. The number of carbonyl (C=O) groups is 2. The van der Waals surface area contributed by atoms with Crippen LogP contribution in [0.25, 0.3) is 10.2 Å². The van der Waals surface area contributed by atoms with Gasteiger partial charge in [-0.1, -0.05) is 29.5 Å². The normalized spacial score (nSPS) is 14.5. The lowest BCUT2D eigenvalue weighted by Crippen LogP contribution is -2.53. The molecule has 37 heavy (non-hydrogen) atoms. The van der Waals surface area contributed by atoms with Crippen molar-refractivity contribution in [1.29, 1.82) is 0 Å². The van der Waals surface area contributed by atoms with Crippen molar-refractivity contribution in [3.05, 3.63) is 76.0 Å². The van der Waals surface area contributed by atoms with Crippen LogP contribution in [0.15, 0.2) is 60.0 Å². The monoisotopic (exact) mass is 535 g/mol. The van der Waals surface area contributed by atoms with Crippen molar-refractivity contribution in [2.75, 3.05) is 38.2 Å². The molecule has 1 aliphatic rings. The van der Waals surface area contributed by atoms with Gasteiger partial charge in [-0.2, -0.15) is 0 Å². The fourth-order valence-corrected chi connectivity index (χ4v) is 6.16. The summed E-state index contributed by atoms with van der Waals surface area (Å²) in [5.74, 6) is 0.629. The molecule has 5 rings (SSSR count). The van der Waals surface area contributed by atoms with Gasteiger partial charge in [-0.25, -0.2) is 4.98 Å². The number of rotatable bonds is 8. The Labute approximate surface area is 223 Å². The van der Waals surface area contributed by atoms with E-state index in [1.807, 2.05) is 58.8 Å². The number of nitrogens with one attached hydrogen (secondary N) is 1. The standard InChI is InChI=1S/C27H29N5O3S2/c1-35-20-5-2-4-18(14-20)17-29-25(33)19-7-8-23-24(15-19)37-27(30-23)32-11-9-31(10-12-32)26(34)22(28)16-21-6-3-13-36-21/h2-8,13-15,22H,9-12,16-17,28H2,1H3,(H,29,33)/t22-/m0/s1. The van der Waals surface area contributed by atoms with Crippen LogP contribution < -0.4 is 20.7 Å². The summed E-state index contributed by atoms with van der Waals surface area (Å²) >= 11 is 3.19. The molecule has 3 N–H and O–H groups in total. The van der Waals surface area contributed by atoms with E-state index in [2.05, 4.69) is 10.2 Å². The van der Waals surface area contributed by atoms with E-state index < -0.39 is 6.04 Å². The zero-order chi connectivity index (χ0) is 25.8. The number of amides is 2. The molecule has 2 aromatic heterocycles. The number of piperazine rings is 1. The molecule has 10 heteroatoms. The molecule has 1 saturated heterocycles. The molecule has 0 bridgehead atoms. The number of anilines is 1. The number of thiophene rings is 1. The molecule has 8 nitrogen and oxygen atoms in total. The summed E-state index contributed by atoms with van der Waals surface area (Å²) < 4.78 is 6.21. The van der Waals surface area contributed by atoms with E-state index in [0.29, 0.717) is 44.7 Å². The topological polar surface area (TPSA) is 101 Å². The number of thiazole rings is 1. The molecular formula is C27H29N5O3S2. The molecule has 4 aromatic rings. The predicted molar refractivity (Wildman–Crippen MR) is 149 cm³/mol. The SMILES string of the molecule is COc1cccc(CNC(=O)c2ccc3nc(N4CCN(C(=O)[C@@H](N)Cc5cccs5)CC4)sc3c2)c1. The minimum atomic E-state index is -0.513. The number of aromatic nitrogens is 1. The van der Waals surface area contributed by atoms with Gasteiger partial charge in [-0.3, -0.25) is 9.59 Å². The summed E-state index contributed by atoms with van der Waals surface area (Å²) in [6, 6.07) is 16.7. The van der Waals surface area contributed by atoms with Gasteiger partial charge in [0.2, 0.25) is 5.91 Å². The molecule has 1 fully saturated rings. The maximum atomic E-state index is 12.8. The molecule has 0 saturated carbocycles. The zero-order valence-electron chi connectivity index (χ0n) is 20.6. The largest absolute Gasteiger partial charge is 0.497 e. The van der Waals surface area contributed by atoms with E-state index in [1.165, 1.54) is 0 Å². The number of ether oxygens (including phenoxy) is 1. The van der Waals surface area contributed by atoms with Crippen molar-refractivity contribution in [2.24, 2.45) is 5.73 Å². The molecule has 2 aromatic carbocycles. The third-order valence-electron chi connectivity index (χ3n) is 6.41. The van der Waals surface area contributed by atoms with Gasteiger partial charge in [0.15, 0.2) is 5.13 Å². The van der Waals surface area contributed by atoms with Crippen molar-refractivity contribution in [3.8, 4) is 5.75 Å². The van der Waals surface area contributed by atoms with Crippen LogP contribution in [0.5, 0.6) is 5.75 Å². The van der Waals surface area contributed by atoms with E-state index in [1.54, 1.807) is 35.8 Å². The highest BCUT2D eigenvalue weighted by molar-refractivity contribution is 7.22. The van der Waals surface area contributed by atoms with Gasteiger partial charge in [0.25, 0.3) is 5.91 Å². The Morgan fingerprint density at radius 3 is 2.70 bits per heavy atom. The summed E-state index contributed by atoms with van der Waals surface area (Å²) in [5.41, 5.74) is 8.63. The summed E-state index contributed by atoms with van der Waals surface area (Å²) in [4.78, 5) is 35.5. The maximum absolute atomic E-state index is 12.8. The maximum Gasteiger partial charge on any atom is 0.251 e. The molecule has 1 atom stereocenters. The third-order valence-corrected chi connectivity index (χ3v) is 8.38. The predicted octanol–water partition coefficient (Wildman–Crippen LogP) is 3.52. The Morgan fingerprint density at radius 2 is 1.95 bits per heavy atom. The van der Waals surface area contributed by atoms with Crippen molar-refractivity contribution < 1.29 is 14.3 Å². The number of fused-ring (bicyclic) bond motifs is 1. The van der Waals surface area contributed by atoms with Crippen LogP contribution in [-0.4, -0.2) is 61.0 Å².